The van der Waals surface area contributed by atoms with Crippen molar-refractivity contribution in [3.8, 4) is 0 Å². The first-order chi connectivity index (χ1) is 14.9. The van der Waals surface area contributed by atoms with Crippen LogP contribution in [-0.2, 0) is 4.43 Å². The van der Waals surface area contributed by atoms with Gasteiger partial charge in [0.1, 0.15) is 0 Å². The zero-order chi connectivity index (χ0) is 22.2. The van der Waals surface area contributed by atoms with Crippen molar-refractivity contribution in [3.05, 3.63) is 72.3 Å². The standard InChI is InChI=1S/C27H38OS2Si/c1-23(18-19-26-29-21-12-22-30-26)13-11-20-28-31(27(2,3)4,24-14-7-5-8-15-24)25-16-9-6-10-17-25/h5-10,13-17,26H,11-12,18-22H2,1-4H3/b23-13+. The summed E-state index contributed by atoms with van der Waals surface area (Å²) in [4.78, 5) is 0. The van der Waals surface area contributed by atoms with E-state index in [9.17, 15) is 0 Å². The Bertz CT molecular complexity index is 769. The van der Waals surface area contributed by atoms with Crippen LogP contribution < -0.4 is 10.4 Å². The molecule has 3 rings (SSSR count). The molecule has 0 aliphatic carbocycles. The second kappa shape index (κ2) is 11.8. The maximum atomic E-state index is 7.00. The van der Waals surface area contributed by atoms with Crippen LogP contribution in [0.3, 0.4) is 0 Å². The van der Waals surface area contributed by atoms with E-state index in [-0.39, 0.29) is 5.04 Å². The summed E-state index contributed by atoms with van der Waals surface area (Å²) in [5, 5.41) is 2.77. The molecule has 0 amide bonds. The van der Waals surface area contributed by atoms with Crippen LogP contribution in [-0.4, -0.2) is 31.0 Å². The smallest absolute Gasteiger partial charge is 0.261 e. The average molecular weight is 471 g/mol. The first-order valence-corrected chi connectivity index (χ1v) is 15.6. The summed E-state index contributed by atoms with van der Waals surface area (Å²) in [5.74, 6) is 2.68. The van der Waals surface area contributed by atoms with Gasteiger partial charge in [-0.05, 0) is 59.5 Å². The van der Waals surface area contributed by atoms with Crippen molar-refractivity contribution in [1.29, 1.82) is 0 Å². The highest BCUT2D eigenvalue weighted by atomic mass is 32.2. The Hall–Kier alpha value is -0.943. The highest BCUT2D eigenvalue weighted by Gasteiger charge is 2.49. The van der Waals surface area contributed by atoms with Crippen molar-refractivity contribution >= 4 is 42.2 Å². The maximum absolute atomic E-state index is 7.00. The van der Waals surface area contributed by atoms with Gasteiger partial charge in [0.05, 0.1) is 4.58 Å². The van der Waals surface area contributed by atoms with Crippen molar-refractivity contribution in [2.75, 3.05) is 18.1 Å². The van der Waals surface area contributed by atoms with Gasteiger partial charge in [-0.1, -0.05) is 93.1 Å². The number of rotatable bonds is 9. The molecule has 0 atom stereocenters. The molecule has 4 heteroatoms. The summed E-state index contributed by atoms with van der Waals surface area (Å²) in [6, 6.07) is 21.9. The van der Waals surface area contributed by atoms with Crippen LogP contribution in [0.2, 0.25) is 5.04 Å². The predicted octanol–water partition coefficient (Wildman–Crippen LogP) is 6.88. The summed E-state index contributed by atoms with van der Waals surface area (Å²) < 4.78 is 7.79. The van der Waals surface area contributed by atoms with E-state index < -0.39 is 8.32 Å². The molecule has 1 nitrogen and oxygen atoms in total. The van der Waals surface area contributed by atoms with Crippen LogP contribution in [0, 0.1) is 0 Å². The molecular formula is C27H38OS2Si. The molecule has 2 aromatic rings. The van der Waals surface area contributed by atoms with Crippen LogP contribution in [0.15, 0.2) is 72.3 Å². The molecule has 1 aliphatic rings. The first-order valence-electron chi connectivity index (χ1n) is 11.6. The molecule has 0 radical (unpaired) electrons. The van der Waals surface area contributed by atoms with Crippen LogP contribution in [0.1, 0.15) is 53.4 Å². The summed E-state index contributed by atoms with van der Waals surface area (Å²) in [5.41, 5.74) is 1.51. The highest BCUT2D eigenvalue weighted by molar-refractivity contribution is 8.17. The minimum atomic E-state index is -2.40. The van der Waals surface area contributed by atoms with Gasteiger partial charge in [-0.2, -0.15) is 0 Å². The fraction of sp³-hybridized carbons (Fsp3) is 0.481. The molecule has 0 unspecified atom stereocenters. The molecule has 1 fully saturated rings. The zero-order valence-electron chi connectivity index (χ0n) is 19.6. The van der Waals surface area contributed by atoms with Gasteiger partial charge in [-0.3, -0.25) is 0 Å². The van der Waals surface area contributed by atoms with Gasteiger partial charge in [0, 0.05) is 6.61 Å². The van der Waals surface area contributed by atoms with Gasteiger partial charge in [-0.25, -0.2) is 0 Å². The first kappa shape index (κ1) is 24.7. The van der Waals surface area contributed by atoms with E-state index in [2.05, 4.69) is 118 Å². The number of allylic oxidation sites excluding steroid dienone is 1. The van der Waals surface area contributed by atoms with Crippen LogP contribution in [0.4, 0.5) is 0 Å². The molecule has 1 heterocycles. The normalized spacial score (nSPS) is 16.5. The SMILES string of the molecule is C/C(=C\CCO[Si](c1ccccc1)(c1ccccc1)C(C)(C)C)CCC1SCCCS1. The Balaban J connectivity index is 1.71. The average Bonchev–Trinajstić information content (AvgIpc) is 2.79. The molecule has 0 spiro atoms. The Labute approximate surface area is 199 Å². The Morgan fingerprint density at radius 2 is 1.52 bits per heavy atom. The predicted molar refractivity (Wildman–Crippen MR) is 145 cm³/mol. The van der Waals surface area contributed by atoms with E-state index in [0.717, 1.165) is 17.6 Å². The second-order valence-corrected chi connectivity index (χ2v) is 16.6. The summed E-state index contributed by atoms with van der Waals surface area (Å²) in [7, 11) is -2.40. The monoisotopic (exact) mass is 470 g/mol. The number of thioether (sulfide) groups is 2. The minimum absolute atomic E-state index is 0.0455. The van der Waals surface area contributed by atoms with E-state index in [1.54, 1.807) is 0 Å². The minimum Gasteiger partial charge on any atom is -0.407 e. The van der Waals surface area contributed by atoms with Crippen molar-refractivity contribution in [1.82, 2.24) is 0 Å². The molecule has 0 saturated carbocycles. The Kier molecular flexibility index (Phi) is 9.39. The molecule has 31 heavy (non-hydrogen) atoms. The summed E-state index contributed by atoms with van der Waals surface area (Å²) >= 11 is 4.30. The molecular weight excluding hydrogens is 433 g/mol. The fourth-order valence-electron chi connectivity index (χ4n) is 4.43. The lowest BCUT2D eigenvalue weighted by molar-refractivity contribution is 0.304. The number of benzene rings is 2. The molecule has 0 bridgehead atoms. The van der Waals surface area contributed by atoms with Crippen LogP contribution in [0.25, 0.3) is 0 Å². The van der Waals surface area contributed by atoms with Crippen LogP contribution >= 0.6 is 23.5 Å². The lowest BCUT2D eigenvalue weighted by Crippen LogP contribution is -2.66. The van der Waals surface area contributed by atoms with Gasteiger partial charge < -0.3 is 4.43 Å². The maximum Gasteiger partial charge on any atom is 0.261 e. The molecule has 2 aromatic carbocycles. The fourth-order valence-corrected chi connectivity index (χ4v) is 11.9. The van der Waals surface area contributed by atoms with Crippen molar-refractivity contribution < 1.29 is 4.43 Å². The lowest BCUT2D eigenvalue weighted by atomic mass is 10.1. The van der Waals surface area contributed by atoms with Gasteiger partial charge in [0.25, 0.3) is 8.32 Å². The van der Waals surface area contributed by atoms with Crippen LogP contribution in [0.5, 0.6) is 0 Å². The zero-order valence-corrected chi connectivity index (χ0v) is 22.2. The largest absolute Gasteiger partial charge is 0.407 e. The van der Waals surface area contributed by atoms with E-state index in [1.807, 2.05) is 0 Å². The van der Waals surface area contributed by atoms with E-state index >= 15 is 0 Å². The third-order valence-electron chi connectivity index (χ3n) is 6.02. The van der Waals surface area contributed by atoms with Gasteiger partial charge in [0.2, 0.25) is 0 Å². The van der Waals surface area contributed by atoms with E-state index in [1.165, 1.54) is 46.7 Å². The molecule has 168 valence electrons. The molecule has 1 saturated heterocycles. The molecule has 0 aromatic heterocycles. The topological polar surface area (TPSA) is 9.23 Å². The van der Waals surface area contributed by atoms with Crippen molar-refractivity contribution in [2.24, 2.45) is 0 Å². The van der Waals surface area contributed by atoms with Gasteiger partial charge in [0.15, 0.2) is 0 Å². The van der Waals surface area contributed by atoms with Crippen molar-refractivity contribution in [2.45, 2.75) is 63.0 Å². The summed E-state index contributed by atoms with van der Waals surface area (Å²) in [6.07, 6.45) is 7.29. The number of hydrogen-bond donors (Lipinski definition) is 0. The second-order valence-electron chi connectivity index (χ2n) is 9.41. The Morgan fingerprint density at radius 3 is 2.03 bits per heavy atom. The summed E-state index contributed by atoms with van der Waals surface area (Å²) in [6.45, 7) is 10.1. The third kappa shape index (κ3) is 6.53. The molecule has 0 N–H and O–H groups in total. The van der Waals surface area contributed by atoms with E-state index in [0.29, 0.717) is 0 Å². The van der Waals surface area contributed by atoms with Gasteiger partial charge >= 0.3 is 0 Å². The Morgan fingerprint density at radius 1 is 0.968 bits per heavy atom. The van der Waals surface area contributed by atoms with Crippen molar-refractivity contribution in [3.63, 3.8) is 0 Å². The van der Waals surface area contributed by atoms with E-state index in [4.69, 9.17) is 4.43 Å². The lowest BCUT2D eigenvalue weighted by Gasteiger charge is -2.43. The molecule has 1 aliphatic heterocycles. The van der Waals surface area contributed by atoms with Gasteiger partial charge in [-0.15, -0.1) is 23.5 Å². The quantitative estimate of drug-likeness (QED) is 0.225. The highest BCUT2D eigenvalue weighted by Crippen LogP contribution is 2.37. The third-order valence-corrected chi connectivity index (χ3v) is 14.1. The number of hydrogen-bond acceptors (Lipinski definition) is 3.